The first-order chi connectivity index (χ1) is 18.6. The van der Waals surface area contributed by atoms with Gasteiger partial charge in [-0.05, 0) is 84.6 Å². The van der Waals surface area contributed by atoms with E-state index < -0.39 is 0 Å². The second-order valence-electron chi connectivity index (χ2n) is 9.19. The molecule has 2 aromatic heterocycles. The highest BCUT2D eigenvalue weighted by Crippen LogP contribution is 2.34. The van der Waals surface area contributed by atoms with E-state index in [0.717, 1.165) is 48.5 Å². The van der Waals surface area contributed by atoms with Crippen molar-refractivity contribution in [3.05, 3.63) is 66.2 Å². The van der Waals surface area contributed by atoms with Crippen molar-refractivity contribution in [1.82, 2.24) is 35.5 Å². The summed E-state index contributed by atoms with van der Waals surface area (Å²) in [5, 5.41) is 27.4. The third kappa shape index (κ3) is 5.87. The fourth-order valence-corrected chi connectivity index (χ4v) is 4.57. The highest BCUT2D eigenvalue weighted by molar-refractivity contribution is 5.68. The Morgan fingerprint density at radius 1 is 1.11 bits per heavy atom. The van der Waals surface area contributed by atoms with Crippen LogP contribution in [0.5, 0.6) is 11.5 Å². The van der Waals surface area contributed by atoms with Crippen LogP contribution < -0.4 is 20.1 Å². The number of anilines is 2. The molecular formula is C27H29N9O2. The highest BCUT2D eigenvalue weighted by atomic mass is 16.5. The van der Waals surface area contributed by atoms with Crippen LogP contribution in [0.15, 0.2) is 55.1 Å². The van der Waals surface area contributed by atoms with Crippen LogP contribution in [-0.2, 0) is 6.54 Å². The Labute approximate surface area is 220 Å². The summed E-state index contributed by atoms with van der Waals surface area (Å²) >= 11 is 0. The Kier molecular flexibility index (Phi) is 7.70. The maximum atomic E-state index is 9.56. The SMILES string of the molecule is COc1ccc(C2CCNCC2)cc1Nc1ncc(-c2ccc(C#N)c(O[C@@H](C)Cn3cnnn3)c2)cn1. The summed E-state index contributed by atoms with van der Waals surface area (Å²) in [4.78, 5) is 9.06. The molecule has 0 radical (unpaired) electrons. The second kappa shape index (κ2) is 11.7. The standard InChI is InChI=1S/C27H29N9O2/c1-18(16-36-17-32-34-35-36)38-26-12-21(3-4-22(26)13-28)23-14-30-27(31-15-23)33-24-11-20(5-6-25(24)37-2)19-7-9-29-10-8-19/h3-6,11-12,14-15,17-19,29H,7-10,16H2,1-2H3,(H,30,31,33)/t18-/m0/s1. The zero-order valence-electron chi connectivity index (χ0n) is 21.3. The first kappa shape index (κ1) is 25.1. The topological polar surface area (TPSA) is 136 Å². The van der Waals surface area contributed by atoms with E-state index in [1.165, 1.54) is 11.9 Å². The zero-order chi connectivity index (χ0) is 26.3. The number of benzene rings is 2. The molecule has 38 heavy (non-hydrogen) atoms. The number of rotatable bonds is 9. The van der Waals surface area contributed by atoms with E-state index in [-0.39, 0.29) is 6.10 Å². The molecule has 1 atom stereocenters. The van der Waals surface area contributed by atoms with Gasteiger partial charge in [0.25, 0.3) is 0 Å². The maximum absolute atomic E-state index is 9.56. The Morgan fingerprint density at radius 3 is 2.63 bits per heavy atom. The average molecular weight is 512 g/mol. The summed E-state index contributed by atoms with van der Waals surface area (Å²) < 4.78 is 13.2. The van der Waals surface area contributed by atoms with E-state index in [4.69, 9.17) is 9.47 Å². The molecule has 194 valence electrons. The lowest BCUT2D eigenvalue weighted by atomic mass is 9.90. The lowest BCUT2D eigenvalue weighted by molar-refractivity contribution is 0.192. The van der Waals surface area contributed by atoms with E-state index >= 15 is 0 Å². The fourth-order valence-electron chi connectivity index (χ4n) is 4.57. The van der Waals surface area contributed by atoms with Gasteiger partial charge >= 0.3 is 0 Å². The van der Waals surface area contributed by atoms with Gasteiger partial charge in [-0.3, -0.25) is 0 Å². The minimum atomic E-state index is -0.251. The molecule has 0 amide bonds. The minimum absolute atomic E-state index is 0.251. The first-order valence-corrected chi connectivity index (χ1v) is 12.5. The molecule has 0 aliphatic carbocycles. The summed E-state index contributed by atoms with van der Waals surface area (Å²) in [6.45, 7) is 4.41. The second-order valence-corrected chi connectivity index (χ2v) is 9.19. The number of nitrogens with one attached hydrogen (secondary N) is 2. The molecule has 0 bridgehead atoms. The molecular weight excluding hydrogens is 482 g/mol. The molecule has 5 rings (SSSR count). The van der Waals surface area contributed by atoms with Gasteiger partial charge < -0.3 is 20.1 Å². The maximum Gasteiger partial charge on any atom is 0.227 e. The van der Waals surface area contributed by atoms with Crippen LogP contribution in [0.2, 0.25) is 0 Å². The molecule has 2 N–H and O–H groups in total. The minimum Gasteiger partial charge on any atom is -0.495 e. The van der Waals surface area contributed by atoms with Crippen molar-refractivity contribution in [3.63, 3.8) is 0 Å². The average Bonchev–Trinajstić information content (AvgIpc) is 3.47. The molecule has 1 aliphatic rings. The van der Waals surface area contributed by atoms with E-state index in [9.17, 15) is 5.26 Å². The van der Waals surface area contributed by atoms with Crippen molar-refractivity contribution in [3.8, 4) is 28.7 Å². The number of aromatic nitrogens is 6. The van der Waals surface area contributed by atoms with Gasteiger partial charge in [0.05, 0.1) is 24.9 Å². The van der Waals surface area contributed by atoms with Crippen LogP contribution in [-0.4, -0.2) is 56.5 Å². The van der Waals surface area contributed by atoms with Crippen molar-refractivity contribution in [2.45, 2.75) is 38.3 Å². The summed E-state index contributed by atoms with van der Waals surface area (Å²) in [6.07, 6.45) is 6.99. The van der Waals surface area contributed by atoms with Gasteiger partial charge in [0.2, 0.25) is 5.95 Å². The van der Waals surface area contributed by atoms with Crippen LogP contribution in [0.4, 0.5) is 11.6 Å². The van der Waals surface area contributed by atoms with Crippen LogP contribution in [0.25, 0.3) is 11.1 Å². The summed E-state index contributed by atoms with van der Waals surface area (Å²) in [5.41, 5.74) is 4.20. The third-order valence-corrected chi connectivity index (χ3v) is 6.53. The lowest BCUT2D eigenvalue weighted by Gasteiger charge is -2.24. The van der Waals surface area contributed by atoms with Crippen molar-refractivity contribution in [2.75, 3.05) is 25.5 Å². The monoisotopic (exact) mass is 511 g/mol. The highest BCUT2D eigenvalue weighted by Gasteiger charge is 2.17. The lowest BCUT2D eigenvalue weighted by Crippen LogP contribution is -2.26. The molecule has 0 saturated carbocycles. The Balaban J connectivity index is 1.32. The zero-order valence-corrected chi connectivity index (χ0v) is 21.3. The molecule has 0 spiro atoms. The molecule has 1 fully saturated rings. The smallest absolute Gasteiger partial charge is 0.227 e. The molecule has 4 aromatic rings. The number of hydrogen-bond donors (Lipinski definition) is 2. The molecule has 3 heterocycles. The van der Waals surface area contributed by atoms with Gasteiger partial charge in [-0.2, -0.15) is 5.26 Å². The Bertz CT molecular complexity index is 1400. The van der Waals surface area contributed by atoms with Crippen LogP contribution in [0, 0.1) is 11.3 Å². The van der Waals surface area contributed by atoms with Crippen molar-refractivity contribution < 1.29 is 9.47 Å². The van der Waals surface area contributed by atoms with Crippen molar-refractivity contribution in [2.24, 2.45) is 0 Å². The van der Waals surface area contributed by atoms with Gasteiger partial charge in [-0.15, -0.1) is 5.10 Å². The van der Waals surface area contributed by atoms with E-state index in [1.54, 1.807) is 30.3 Å². The molecule has 11 nitrogen and oxygen atoms in total. The quantitative estimate of drug-likeness (QED) is 0.342. The van der Waals surface area contributed by atoms with Crippen LogP contribution in [0.1, 0.15) is 36.8 Å². The van der Waals surface area contributed by atoms with Crippen molar-refractivity contribution >= 4 is 11.6 Å². The van der Waals surface area contributed by atoms with Crippen LogP contribution >= 0.6 is 0 Å². The number of methoxy groups -OCH3 is 1. The fraction of sp³-hybridized carbons (Fsp3) is 0.333. The number of ether oxygens (including phenoxy) is 2. The number of tetrazole rings is 1. The Morgan fingerprint density at radius 2 is 1.92 bits per heavy atom. The van der Waals surface area contributed by atoms with Crippen LogP contribution in [0.3, 0.4) is 0 Å². The van der Waals surface area contributed by atoms with Gasteiger partial charge in [0.1, 0.15) is 30.0 Å². The number of hydrogen-bond acceptors (Lipinski definition) is 10. The van der Waals surface area contributed by atoms with E-state index in [2.05, 4.69) is 54.3 Å². The predicted octanol–water partition coefficient (Wildman–Crippen LogP) is 3.69. The summed E-state index contributed by atoms with van der Waals surface area (Å²) in [6, 6.07) is 13.9. The van der Waals surface area contributed by atoms with Gasteiger partial charge in [0, 0.05) is 18.0 Å². The van der Waals surface area contributed by atoms with Gasteiger partial charge in [0.15, 0.2) is 0 Å². The summed E-state index contributed by atoms with van der Waals surface area (Å²) in [5.74, 6) is 2.20. The third-order valence-electron chi connectivity index (χ3n) is 6.53. The number of nitriles is 1. The van der Waals surface area contributed by atoms with Crippen molar-refractivity contribution in [1.29, 1.82) is 5.26 Å². The van der Waals surface area contributed by atoms with Gasteiger partial charge in [-0.1, -0.05) is 12.1 Å². The van der Waals surface area contributed by atoms with E-state index in [0.29, 0.717) is 29.7 Å². The van der Waals surface area contributed by atoms with E-state index in [1.807, 2.05) is 25.1 Å². The first-order valence-electron chi connectivity index (χ1n) is 12.5. The molecule has 0 unspecified atom stereocenters. The predicted molar refractivity (Wildman–Crippen MR) is 141 cm³/mol. The number of piperidine rings is 1. The largest absolute Gasteiger partial charge is 0.495 e. The van der Waals surface area contributed by atoms with Gasteiger partial charge in [-0.25, -0.2) is 14.6 Å². The Hall–Kier alpha value is -4.56. The molecule has 11 heteroatoms. The number of nitrogens with zero attached hydrogens (tertiary/aromatic N) is 7. The molecule has 1 saturated heterocycles. The summed E-state index contributed by atoms with van der Waals surface area (Å²) in [7, 11) is 1.66. The molecule has 1 aliphatic heterocycles. The normalized spacial score (nSPS) is 14.4. The molecule has 2 aromatic carbocycles.